The lowest BCUT2D eigenvalue weighted by atomic mass is 10.3. The highest BCUT2D eigenvalue weighted by molar-refractivity contribution is 8.13. The maximum Gasteiger partial charge on any atom is 0.315 e. The van der Waals surface area contributed by atoms with Crippen LogP contribution in [0.25, 0.3) is 0 Å². The van der Waals surface area contributed by atoms with Crippen LogP contribution in [0.15, 0.2) is 29.2 Å². The third kappa shape index (κ3) is 3.42. The van der Waals surface area contributed by atoms with Crippen LogP contribution in [-0.2, 0) is 13.8 Å². The van der Waals surface area contributed by atoms with E-state index in [-0.39, 0.29) is 10.6 Å². The van der Waals surface area contributed by atoms with Crippen molar-refractivity contribution in [3.05, 3.63) is 24.3 Å². The summed E-state index contributed by atoms with van der Waals surface area (Å²) in [5.41, 5.74) is 0.0642. The first-order valence-corrected chi connectivity index (χ1v) is 6.25. The molecule has 0 aliphatic heterocycles. The Balaban J connectivity index is 2.84. The zero-order valence-corrected chi connectivity index (χ0v) is 9.23. The summed E-state index contributed by atoms with van der Waals surface area (Å²) in [5, 5.41) is 1.89. The lowest BCUT2D eigenvalue weighted by molar-refractivity contribution is -0.126. The Morgan fingerprint density at radius 3 is 2.12 bits per heavy atom. The molecule has 0 aliphatic rings. The smallest absolute Gasteiger partial charge is 0.315 e. The van der Waals surface area contributed by atoms with E-state index in [0.29, 0.717) is 0 Å². The Bertz CT molecular complexity index is 487. The van der Waals surface area contributed by atoms with Gasteiger partial charge in [-0.25, -0.2) is 8.42 Å². The molecule has 0 spiro atoms. The molecule has 0 bridgehead atoms. The molecule has 0 fully saturated rings. The highest BCUT2D eigenvalue weighted by Gasteiger charge is 2.15. The molecule has 0 unspecified atom stereocenters. The van der Waals surface area contributed by atoms with Gasteiger partial charge < -0.3 is 5.32 Å². The molecular weight excluding hydrogens is 264 g/mol. The molecular formula is C8H6ClF2NO3S. The van der Waals surface area contributed by atoms with Gasteiger partial charge in [0.2, 0.25) is 0 Å². The number of rotatable bonds is 3. The van der Waals surface area contributed by atoms with Crippen molar-refractivity contribution in [2.45, 2.75) is 11.3 Å². The van der Waals surface area contributed by atoms with Gasteiger partial charge in [0, 0.05) is 16.4 Å². The first-order valence-electron chi connectivity index (χ1n) is 3.94. The van der Waals surface area contributed by atoms with Gasteiger partial charge in [-0.05, 0) is 24.3 Å². The Hall–Kier alpha value is -1.21. The largest absolute Gasteiger partial charge is 0.321 e. The Labute approximate surface area is 94.6 Å². The number of benzene rings is 1. The summed E-state index contributed by atoms with van der Waals surface area (Å²) in [6.07, 6.45) is -3.13. The molecule has 88 valence electrons. The summed E-state index contributed by atoms with van der Waals surface area (Å²) in [4.78, 5) is 10.4. The molecule has 0 aromatic heterocycles. The lowest BCUT2D eigenvalue weighted by Crippen LogP contribution is -2.19. The number of nitrogens with one attached hydrogen (secondary N) is 1. The molecule has 16 heavy (non-hydrogen) atoms. The number of hydrogen-bond donors (Lipinski definition) is 1. The standard InChI is InChI=1S/C8H6ClF2NO3S/c9-16(14,15)6-3-1-5(2-4-6)12-8(13)7(10)11/h1-4,7H,(H,12,13). The van der Waals surface area contributed by atoms with Crippen molar-refractivity contribution in [1.82, 2.24) is 0 Å². The topological polar surface area (TPSA) is 63.2 Å². The first-order chi connectivity index (χ1) is 7.30. The van der Waals surface area contributed by atoms with Crippen molar-refractivity contribution in [2.75, 3.05) is 5.32 Å². The molecule has 0 saturated heterocycles. The second kappa shape index (κ2) is 4.75. The van der Waals surface area contributed by atoms with E-state index in [9.17, 15) is 22.0 Å². The second-order valence-corrected chi connectivity index (χ2v) is 5.32. The minimum Gasteiger partial charge on any atom is -0.321 e. The predicted molar refractivity (Wildman–Crippen MR) is 54.1 cm³/mol. The summed E-state index contributed by atoms with van der Waals surface area (Å²) in [5.74, 6) is -1.46. The molecule has 0 saturated carbocycles. The number of carbonyl (C=O) groups excluding carboxylic acids is 1. The number of alkyl halides is 2. The highest BCUT2D eigenvalue weighted by Crippen LogP contribution is 2.17. The summed E-state index contributed by atoms with van der Waals surface area (Å²) in [6, 6.07) is 4.53. The summed E-state index contributed by atoms with van der Waals surface area (Å²) in [6.45, 7) is 0. The van der Waals surface area contributed by atoms with Crippen LogP contribution >= 0.6 is 10.7 Å². The molecule has 1 aromatic carbocycles. The maximum atomic E-state index is 11.9. The van der Waals surface area contributed by atoms with Gasteiger partial charge in [0.1, 0.15) is 0 Å². The van der Waals surface area contributed by atoms with Crippen LogP contribution in [0.4, 0.5) is 14.5 Å². The van der Waals surface area contributed by atoms with E-state index in [1.54, 1.807) is 0 Å². The Kier molecular flexibility index (Phi) is 3.82. The van der Waals surface area contributed by atoms with E-state index in [0.717, 1.165) is 24.3 Å². The van der Waals surface area contributed by atoms with Gasteiger partial charge in [0.05, 0.1) is 4.90 Å². The van der Waals surface area contributed by atoms with Crippen molar-refractivity contribution < 1.29 is 22.0 Å². The number of hydrogen-bond acceptors (Lipinski definition) is 3. The van der Waals surface area contributed by atoms with E-state index in [1.165, 1.54) is 0 Å². The monoisotopic (exact) mass is 269 g/mol. The van der Waals surface area contributed by atoms with Crippen molar-refractivity contribution in [2.24, 2.45) is 0 Å². The SMILES string of the molecule is O=C(Nc1ccc(S(=O)(=O)Cl)cc1)C(F)F. The number of carbonyl (C=O) groups is 1. The van der Waals surface area contributed by atoms with E-state index in [1.807, 2.05) is 5.32 Å². The van der Waals surface area contributed by atoms with E-state index >= 15 is 0 Å². The molecule has 8 heteroatoms. The van der Waals surface area contributed by atoms with Crippen LogP contribution in [0.2, 0.25) is 0 Å². The van der Waals surface area contributed by atoms with Gasteiger partial charge in [0.15, 0.2) is 0 Å². The van der Waals surface area contributed by atoms with Crippen LogP contribution in [0, 0.1) is 0 Å². The Morgan fingerprint density at radius 1 is 1.25 bits per heavy atom. The third-order valence-electron chi connectivity index (χ3n) is 1.60. The molecule has 0 aliphatic carbocycles. The fourth-order valence-electron chi connectivity index (χ4n) is 0.898. The van der Waals surface area contributed by atoms with Crippen molar-refractivity contribution in [3.63, 3.8) is 0 Å². The number of anilines is 1. The van der Waals surface area contributed by atoms with Crippen LogP contribution in [-0.4, -0.2) is 20.8 Å². The van der Waals surface area contributed by atoms with Gasteiger partial charge in [-0.15, -0.1) is 0 Å². The average molecular weight is 270 g/mol. The van der Waals surface area contributed by atoms with Crippen molar-refractivity contribution in [3.8, 4) is 0 Å². The molecule has 0 radical (unpaired) electrons. The van der Waals surface area contributed by atoms with Crippen LogP contribution in [0.1, 0.15) is 0 Å². The summed E-state index contributed by atoms with van der Waals surface area (Å²) >= 11 is 0. The van der Waals surface area contributed by atoms with E-state index in [4.69, 9.17) is 10.7 Å². The van der Waals surface area contributed by atoms with E-state index < -0.39 is 21.4 Å². The number of amides is 1. The van der Waals surface area contributed by atoms with Crippen molar-refractivity contribution >= 4 is 31.3 Å². The number of halogens is 3. The second-order valence-electron chi connectivity index (χ2n) is 2.75. The maximum absolute atomic E-state index is 11.9. The van der Waals surface area contributed by atoms with Crippen LogP contribution in [0.5, 0.6) is 0 Å². The fraction of sp³-hybridized carbons (Fsp3) is 0.125. The minimum atomic E-state index is -3.85. The molecule has 1 rings (SSSR count). The van der Waals surface area contributed by atoms with Crippen LogP contribution < -0.4 is 5.32 Å². The summed E-state index contributed by atoms with van der Waals surface area (Å²) in [7, 11) is 1.18. The third-order valence-corrected chi connectivity index (χ3v) is 2.97. The van der Waals surface area contributed by atoms with Crippen LogP contribution in [0.3, 0.4) is 0 Å². The van der Waals surface area contributed by atoms with Gasteiger partial charge in [-0.2, -0.15) is 8.78 Å². The van der Waals surface area contributed by atoms with Crippen molar-refractivity contribution in [1.29, 1.82) is 0 Å². The highest BCUT2D eigenvalue weighted by atomic mass is 35.7. The predicted octanol–water partition coefficient (Wildman–Crippen LogP) is 1.82. The minimum absolute atomic E-state index is 0.0642. The quantitative estimate of drug-likeness (QED) is 0.852. The van der Waals surface area contributed by atoms with Gasteiger partial charge >= 0.3 is 6.43 Å². The summed E-state index contributed by atoms with van der Waals surface area (Å²) < 4.78 is 45.4. The molecule has 0 atom stereocenters. The van der Waals surface area contributed by atoms with E-state index in [2.05, 4.69) is 0 Å². The Morgan fingerprint density at radius 2 is 1.75 bits per heavy atom. The zero-order valence-electron chi connectivity index (χ0n) is 7.65. The molecule has 1 aromatic rings. The molecule has 4 nitrogen and oxygen atoms in total. The molecule has 1 amide bonds. The van der Waals surface area contributed by atoms with Gasteiger partial charge in [-0.1, -0.05) is 0 Å². The van der Waals surface area contributed by atoms with Gasteiger partial charge in [-0.3, -0.25) is 4.79 Å². The first kappa shape index (κ1) is 12.9. The zero-order chi connectivity index (χ0) is 12.3. The molecule has 0 heterocycles. The normalized spacial score (nSPS) is 11.5. The fourth-order valence-corrected chi connectivity index (χ4v) is 1.67. The lowest BCUT2D eigenvalue weighted by Gasteiger charge is -2.04. The van der Waals surface area contributed by atoms with Gasteiger partial charge in [0.25, 0.3) is 15.0 Å². The average Bonchev–Trinajstić information content (AvgIpc) is 2.17. The molecule has 1 N–H and O–H groups in total.